The van der Waals surface area contributed by atoms with Gasteiger partial charge in [-0.1, -0.05) is 0 Å². The minimum atomic E-state index is -0.551. The van der Waals surface area contributed by atoms with Gasteiger partial charge in [-0.15, -0.1) is 0 Å². The lowest BCUT2D eigenvalue weighted by Gasteiger charge is -2.25. The SMILES string of the molecule is CCN(CC)c1ccc(C2=C(O)C(=CC3=[N+](C)c4cc5c(cc4C3(C)C)[N+](C)=C(C=C3C(=O)C(c4ccc(N(CC)CC)cc4O)=C3O)C5(C)C)C2=O)c(O)c1. The Morgan fingerprint density at radius 3 is 1.20 bits per heavy atom. The number of phenolic OH excluding ortho intramolecular Hbond substituents is 2. The summed E-state index contributed by atoms with van der Waals surface area (Å²) in [6.45, 7) is 19.6. The molecule has 56 heavy (non-hydrogen) atoms. The van der Waals surface area contributed by atoms with Crippen LogP contribution in [-0.2, 0) is 20.4 Å². The third kappa shape index (κ3) is 5.44. The summed E-state index contributed by atoms with van der Waals surface area (Å²) in [7, 11) is 3.91. The van der Waals surface area contributed by atoms with Gasteiger partial charge in [0, 0.05) is 96.2 Å². The first-order valence-electron chi connectivity index (χ1n) is 19.4. The number of carbonyl (C=O) groups excluding carboxylic acids is 2. The molecule has 4 N–H and O–H groups in total. The maximum Gasteiger partial charge on any atom is 0.210 e. The summed E-state index contributed by atoms with van der Waals surface area (Å²) in [4.78, 5) is 31.4. The molecule has 10 heteroatoms. The van der Waals surface area contributed by atoms with Gasteiger partial charge in [-0.3, -0.25) is 9.59 Å². The van der Waals surface area contributed by atoms with Gasteiger partial charge in [0.1, 0.15) is 37.1 Å². The second-order valence-electron chi connectivity index (χ2n) is 16.0. The Kier molecular flexibility index (Phi) is 9.18. The van der Waals surface area contributed by atoms with Crippen molar-refractivity contribution in [1.29, 1.82) is 0 Å². The number of aliphatic hydroxyl groups excluding tert-OH is 2. The lowest BCUT2D eigenvalue weighted by molar-refractivity contribution is -0.404. The molecule has 2 aliphatic carbocycles. The molecule has 0 spiro atoms. The molecule has 0 amide bonds. The first kappa shape index (κ1) is 38.4. The standard InChI is InChI=1S/C46H50N4O6/c1-11-49(12-2)25-15-17-27(35(51)19-25)39-41(53)29(42(39)54)21-37-45(5,6)31-23-34-32(24-33(31)47(37)9)46(7,8)38(48(34)10)22-30-43(55)40(44(30)56)28-18-16-26(20-36(28)52)50(13-3)14-4/h15-24H,11-14H2,1-10H3,(H2,53,54,55,56)/p+2. The molecule has 0 saturated carbocycles. The van der Waals surface area contributed by atoms with E-state index in [9.17, 15) is 30.0 Å². The summed E-state index contributed by atoms with van der Waals surface area (Å²) >= 11 is 0. The highest BCUT2D eigenvalue weighted by Crippen LogP contribution is 2.50. The first-order chi connectivity index (χ1) is 26.4. The Morgan fingerprint density at radius 2 is 0.911 bits per heavy atom. The van der Waals surface area contributed by atoms with Crippen molar-refractivity contribution in [2.75, 3.05) is 50.1 Å². The molecule has 0 saturated heterocycles. The molecule has 0 radical (unpaired) electrons. The van der Waals surface area contributed by atoms with Gasteiger partial charge in [-0.25, -0.2) is 0 Å². The van der Waals surface area contributed by atoms with Crippen LogP contribution in [0.3, 0.4) is 0 Å². The number of carbonyl (C=O) groups is 2. The maximum absolute atomic E-state index is 13.6. The van der Waals surface area contributed by atoms with Crippen molar-refractivity contribution >= 4 is 56.9 Å². The van der Waals surface area contributed by atoms with Crippen LogP contribution in [0.1, 0.15) is 77.6 Å². The average Bonchev–Trinajstić information content (AvgIpc) is 3.47. The highest BCUT2D eigenvalue weighted by molar-refractivity contribution is 6.41. The van der Waals surface area contributed by atoms with E-state index in [1.807, 2.05) is 53.9 Å². The molecule has 2 aliphatic heterocycles. The van der Waals surface area contributed by atoms with Gasteiger partial charge in [-0.05, 0) is 79.7 Å². The zero-order chi connectivity index (χ0) is 40.8. The fourth-order valence-corrected chi connectivity index (χ4v) is 8.98. The number of phenols is 2. The third-order valence-corrected chi connectivity index (χ3v) is 12.4. The van der Waals surface area contributed by atoms with Gasteiger partial charge >= 0.3 is 0 Å². The number of aliphatic hydroxyl groups is 2. The van der Waals surface area contributed by atoms with E-state index in [-0.39, 0.29) is 56.9 Å². The largest absolute Gasteiger partial charge is 0.507 e. The van der Waals surface area contributed by atoms with Gasteiger partial charge < -0.3 is 30.2 Å². The first-order valence-corrected chi connectivity index (χ1v) is 19.4. The van der Waals surface area contributed by atoms with Gasteiger partial charge in [0.2, 0.25) is 22.9 Å². The summed E-state index contributed by atoms with van der Waals surface area (Å²) in [5.74, 6) is -1.03. The zero-order valence-electron chi connectivity index (χ0n) is 34.0. The highest BCUT2D eigenvalue weighted by atomic mass is 16.3. The van der Waals surface area contributed by atoms with E-state index in [1.54, 1.807) is 36.4 Å². The number of fused-ring (bicyclic) bond motifs is 2. The molecule has 0 aromatic heterocycles. The number of benzene rings is 3. The number of nitrogens with zero attached hydrogens (tertiary/aromatic N) is 4. The van der Waals surface area contributed by atoms with Crippen LogP contribution in [0, 0.1) is 0 Å². The topological polar surface area (TPSA) is 128 Å². The number of hydrogen-bond donors (Lipinski definition) is 4. The Labute approximate surface area is 328 Å². The lowest BCUT2D eigenvalue weighted by Crippen LogP contribution is -2.30. The van der Waals surface area contributed by atoms with Crippen molar-refractivity contribution in [2.24, 2.45) is 0 Å². The minimum absolute atomic E-state index is 0.0527. The van der Waals surface area contributed by atoms with E-state index in [4.69, 9.17) is 0 Å². The number of hydrogen-bond acceptors (Lipinski definition) is 8. The summed E-state index contributed by atoms with van der Waals surface area (Å²) in [5.41, 5.74) is 7.51. The summed E-state index contributed by atoms with van der Waals surface area (Å²) in [5, 5.41) is 44.2. The van der Waals surface area contributed by atoms with Crippen LogP contribution in [0.2, 0.25) is 0 Å². The number of Topliss-reactive ketones (excluding diaryl/α,β-unsaturated/α-hetero) is 2. The predicted octanol–water partition coefficient (Wildman–Crippen LogP) is 7.76. The third-order valence-electron chi connectivity index (χ3n) is 12.4. The second-order valence-corrected chi connectivity index (χ2v) is 16.0. The van der Waals surface area contributed by atoms with Crippen molar-refractivity contribution in [2.45, 2.75) is 66.2 Å². The van der Waals surface area contributed by atoms with E-state index < -0.39 is 10.8 Å². The fourth-order valence-electron chi connectivity index (χ4n) is 8.98. The molecule has 0 atom stereocenters. The van der Waals surface area contributed by atoms with Crippen LogP contribution in [0.15, 0.2) is 83.3 Å². The summed E-state index contributed by atoms with van der Waals surface area (Å²) in [6.07, 6.45) is 3.52. The quantitative estimate of drug-likeness (QED) is 0.122. The molecule has 2 heterocycles. The molecule has 3 aromatic carbocycles. The Balaban J connectivity index is 1.20. The van der Waals surface area contributed by atoms with Crippen molar-refractivity contribution in [3.05, 3.63) is 106 Å². The van der Waals surface area contributed by atoms with E-state index in [2.05, 4.69) is 58.8 Å². The molecule has 290 valence electrons. The molecule has 0 bridgehead atoms. The van der Waals surface area contributed by atoms with Gasteiger partial charge in [0.25, 0.3) is 0 Å². The molecule has 3 aromatic rings. The number of anilines is 2. The van der Waals surface area contributed by atoms with Gasteiger partial charge in [-0.2, -0.15) is 9.15 Å². The van der Waals surface area contributed by atoms with Gasteiger partial charge in [0.15, 0.2) is 11.4 Å². The monoisotopic (exact) mass is 756 g/mol. The van der Waals surface area contributed by atoms with Crippen LogP contribution in [0.4, 0.5) is 22.7 Å². The van der Waals surface area contributed by atoms with Crippen LogP contribution < -0.4 is 9.80 Å². The molecule has 0 unspecified atom stereocenters. The van der Waals surface area contributed by atoms with Crippen molar-refractivity contribution < 1.29 is 39.2 Å². The van der Waals surface area contributed by atoms with Crippen molar-refractivity contribution in [1.82, 2.24) is 0 Å². The number of allylic oxidation sites excluding steroid dienone is 6. The van der Waals surface area contributed by atoms with Crippen LogP contribution in [0.25, 0.3) is 11.1 Å². The lowest BCUT2D eigenvalue weighted by atomic mass is 9.75. The molecule has 10 nitrogen and oxygen atoms in total. The number of rotatable bonds is 10. The maximum atomic E-state index is 13.6. The zero-order valence-corrected chi connectivity index (χ0v) is 34.0. The molecule has 4 aliphatic rings. The number of ketones is 2. The minimum Gasteiger partial charge on any atom is -0.507 e. The molecular formula is C46H52N4O6+2. The predicted molar refractivity (Wildman–Crippen MR) is 223 cm³/mol. The number of aromatic hydroxyl groups is 2. The van der Waals surface area contributed by atoms with Crippen LogP contribution in [-0.4, -0.2) is 92.8 Å². The van der Waals surface area contributed by atoms with Crippen molar-refractivity contribution in [3.8, 4) is 11.5 Å². The summed E-state index contributed by atoms with van der Waals surface area (Å²) < 4.78 is 4.11. The van der Waals surface area contributed by atoms with Gasteiger partial charge in [0.05, 0.1) is 33.1 Å². The smallest absolute Gasteiger partial charge is 0.210 e. The van der Waals surface area contributed by atoms with E-state index in [1.165, 1.54) is 0 Å². The van der Waals surface area contributed by atoms with Crippen LogP contribution in [0.5, 0.6) is 11.5 Å². The molecule has 0 fully saturated rings. The Hall–Kier alpha value is -5.90. The highest BCUT2D eigenvalue weighted by Gasteiger charge is 2.52. The Morgan fingerprint density at radius 1 is 0.571 bits per heavy atom. The average molecular weight is 757 g/mol. The van der Waals surface area contributed by atoms with Crippen molar-refractivity contribution in [3.63, 3.8) is 0 Å². The molecule has 7 rings (SSSR count). The Bertz CT molecular complexity index is 2290. The molecular weight excluding hydrogens is 705 g/mol. The fraction of sp³-hybridized carbons (Fsp3) is 0.348. The second kappa shape index (κ2) is 13.4. The van der Waals surface area contributed by atoms with E-state index in [0.29, 0.717) is 11.1 Å². The normalized spacial score (nSPS) is 19.6. The van der Waals surface area contributed by atoms with Crippen LogP contribution >= 0.6 is 0 Å². The summed E-state index contributed by atoms with van der Waals surface area (Å²) in [6, 6.07) is 14.7. The van der Waals surface area contributed by atoms with E-state index in [0.717, 1.165) is 71.5 Å². The van der Waals surface area contributed by atoms with E-state index >= 15 is 0 Å².